The summed E-state index contributed by atoms with van der Waals surface area (Å²) < 4.78 is 55.6. The number of hydrogen-bond acceptors (Lipinski definition) is 4. The van der Waals surface area contributed by atoms with E-state index in [0.717, 1.165) is 7.14 Å². The van der Waals surface area contributed by atoms with Gasteiger partial charge in [0.05, 0.1) is 21.2 Å². The summed E-state index contributed by atoms with van der Waals surface area (Å²) in [6.07, 6.45) is 0. The summed E-state index contributed by atoms with van der Waals surface area (Å²) in [6, 6.07) is 19.5. The van der Waals surface area contributed by atoms with Gasteiger partial charge in [-0.1, -0.05) is 0 Å². The van der Waals surface area contributed by atoms with Gasteiger partial charge in [-0.05, 0) is 118 Å². The molecule has 0 spiro atoms. The standard InChI is InChI=1S/C20H18I2N2O4S2/c1-23(29(25,26)19-11-3-15(21)4-12-19)17-7-9-18(10-8-17)24(2)30(27,28)20-13-5-16(22)6-14-20/h3-14H,1-2H3. The number of halogens is 2. The van der Waals surface area contributed by atoms with E-state index < -0.39 is 20.0 Å². The van der Waals surface area contributed by atoms with Gasteiger partial charge in [0.15, 0.2) is 0 Å². The van der Waals surface area contributed by atoms with Crippen LogP contribution >= 0.6 is 45.2 Å². The Morgan fingerprint density at radius 1 is 0.533 bits per heavy atom. The van der Waals surface area contributed by atoms with Gasteiger partial charge in [-0.2, -0.15) is 0 Å². The largest absolute Gasteiger partial charge is 0.269 e. The Balaban J connectivity index is 1.86. The van der Waals surface area contributed by atoms with E-state index in [4.69, 9.17) is 0 Å². The van der Waals surface area contributed by atoms with Crippen molar-refractivity contribution < 1.29 is 16.8 Å². The van der Waals surface area contributed by atoms with Crippen LogP contribution < -0.4 is 8.61 Å². The molecule has 0 saturated heterocycles. The molecule has 30 heavy (non-hydrogen) atoms. The lowest BCUT2D eigenvalue weighted by Crippen LogP contribution is -2.28. The van der Waals surface area contributed by atoms with Crippen molar-refractivity contribution in [3.63, 3.8) is 0 Å². The number of nitrogens with zero attached hydrogens (tertiary/aromatic N) is 2. The number of anilines is 2. The van der Waals surface area contributed by atoms with Crippen molar-refractivity contribution in [3.8, 4) is 0 Å². The number of sulfonamides is 2. The summed E-state index contributed by atoms with van der Waals surface area (Å²) in [5.74, 6) is 0. The zero-order chi connectivity index (χ0) is 22.1. The molecule has 0 heterocycles. The molecular formula is C20H18I2N2O4S2. The fourth-order valence-electron chi connectivity index (χ4n) is 2.68. The molecule has 0 saturated carbocycles. The summed E-state index contributed by atoms with van der Waals surface area (Å²) in [5, 5.41) is 0. The first-order chi connectivity index (χ1) is 14.0. The molecule has 3 rings (SSSR count). The van der Waals surface area contributed by atoms with Gasteiger partial charge >= 0.3 is 0 Å². The topological polar surface area (TPSA) is 74.8 Å². The predicted molar refractivity (Wildman–Crippen MR) is 136 cm³/mol. The van der Waals surface area contributed by atoms with Crippen molar-refractivity contribution in [2.24, 2.45) is 0 Å². The molecule has 0 fully saturated rings. The van der Waals surface area contributed by atoms with Gasteiger partial charge in [0.2, 0.25) is 0 Å². The Labute approximate surface area is 204 Å². The average Bonchev–Trinajstić information content (AvgIpc) is 2.73. The van der Waals surface area contributed by atoms with Crippen LogP contribution in [-0.4, -0.2) is 30.9 Å². The Hall–Kier alpha value is -1.38. The molecule has 0 amide bonds. The van der Waals surface area contributed by atoms with Crippen molar-refractivity contribution in [2.75, 3.05) is 22.7 Å². The van der Waals surface area contributed by atoms with Gasteiger partial charge in [0.1, 0.15) is 0 Å². The molecule has 0 aliphatic rings. The van der Waals surface area contributed by atoms with Gasteiger partial charge in [-0.3, -0.25) is 8.61 Å². The van der Waals surface area contributed by atoms with Crippen molar-refractivity contribution in [2.45, 2.75) is 9.79 Å². The van der Waals surface area contributed by atoms with Crippen LogP contribution in [0.5, 0.6) is 0 Å². The highest BCUT2D eigenvalue weighted by Crippen LogP contribution is 2.27. The third-order valence-corrected chi connectivity index (χ3v) is 9.56. The van der Waals surface area contributed by atoms with Crippen LogP contribution in [0.3, 0.4) is 0 Å². The molecule has 3 aromatic rings. The molecule has 158 valence electrons. The summed E-state index contributed by atoms with van der Waals surface area (Å²) in [4.78, 5) is 0.376. The maximum atomic E-state index is 12.9. The van der Waals surface area contributed by atoms with Crippen LogP contribution in [0.1, 0.15) is 0 Å². The molecule has 10 heteroatoms. The predicted octanol–water partition coefficient (Wildman–Crippen LogP) is 4.55. The zero-order valence-electron chi connectivity index (χ0n) is 16.0. The highest BCUT2D eigenvalue weighted by molar-refractivity contribution is 14.1. The number of hydrogen-bond donors (Lipinski definition) is 0. The van der Waals surface area contributed by atoms with E-state index in [1.54, 1.807) is 72.8 Å². The van der Waals surface area contributed by atoms with Crippen molar-refractivity contribution >= 4 is 76.6 Å². The van der Waals surface area contributed by atoms with Crippen LogP contribution in [0.2, 0.25) is 0 Å². The Morgan fingerprint density at radius 3 is 1.07 bits per heavy atom. The van der Waals surface area contributed by atoms with E-state index in [1.165, 1.54) is 22.7 Å². The second-order valence-electron chi connectivity index (χ2n) is 6.37. The van der Waals surface area contributed by atoms with Gasteiger partial charge in [0, 0.05) is 21.2 Å². The molecule has 0 aromatic heterocycles. The third kappa shape index (κ3) is 4.75. The van der Waals surface area contributed by atoms with Crippen LogP contribution in [-0.2, 0) is 20.0 Å². The Bertz CT molecular complexity index is 1140. The fraction of sp³-hybridized carbons (Fsp3) is 0.100. The molecule has 0 aliphatic heterocycles. The minimum absolute atomic E-state index is 0.188. The van der Waals surface area contributed by atoms with E-state index in [1.807, 2.05) is 0 Å². The van der Waals surface area contributed by atoms with E-state index in [-0.39, 0.29) is 9.79 Å². The second-order valence-corrected chi connectivity index (χ2v) is 12.8. The van der Waals surface area contributed by atoms with Crippen LogP contribution in [0, 0.1) is 7.14 Å². The average molecular weight is 668 g/mol. The molecular weight excluding hydrogens is 650 g/mol. The summed E-state index contributed by atoms with van der Waals surface area (Å²) in [5.41, 5.74) is 0.856. The lowest BCUT2D eigenvalue weighted by Gasteiger charge is -2.22. The zero-order valence-corrected chi connectivity index (χ0v) is 22.0. The smallest absolute Gasteiger partial charge is 0.264 e. The van der Waals surface area contributed by atoms with Crippen molar-refractivity contribution in [1.29, 1.82) is 0 Å². The molecule has 0 atom stereocenters. The molecule has 0 unspecified atom stereocenters. The SMILES string of the molecule is CN(c1ccc(N(C)S(=O)(=O)c2ccc(I)cc2)cc1)S(=O)(=O)c1ccc(I)cc1. The second kappa shape index (κ2) is 9.01. The molecule has 6 nitrogen and oxygen atoms in total. The lowest BCUT2D eigenvalue weighted by atomic mass is 10.3. The summed E-state index contributed by atoms with van der Waals surface area (Å²) in [6.45, 7) is 0. The van der Waals surface area contributed by atoms with Crippen molar-refractivity contribution in [1.82, 2.24) is 0 Å². The molecule has 0 aliphatic carbocycles. The third-order valence-electron chi connectivity index (χ3n) is 4.52. The minimum atomic E-state index is -3.72. The van der Waals surface area contributed by atoms with E-state index >= 15 is 0 Å². The molecule has 0 radical (unpaired) electrons. The first-order valence-corrected chi connectivity index (χ1v) is 13.7. The van der Waals surface area contributed by atoms with E-state index in [9.17, 15) is 16.8 Å². The quantitative estimate of drug-likeness (QED) is 0.362. The Kier molecular flexibility index (Phi) is 6.99. The van der Waals surface area contributed by atoms with Crippen molar-refractivity contribution in [3.05, 3.63) is 79.9 Å². The van der Waals surface area contributed by atoms with Crippen LogP contribution in [0.15, 0.2) is 82.6 Å². The van der Waals surface area contributed by atoms with Crippen LogP contribution in [0.25, 0.3) is 0 Å². The van der Waals surface area contributed by atoms with Gasteiger partial charge in [0.25, 0.3) is 20.0 Å². The van der Waals surface area contributed by atoms with Crippen LogP contribution in [0.4, 0.5) is 11.4 Å². The van der Waals surface area contributed by atoms with E-state index in [0.29, 0.717) is 11.4 Å². The molecule has 0 N–H and O–H groups in total. The Morgan fingerprint density at radius 2 is 0.800 bits per heavy atom. The molecule has 0 bridgehead atoms. The maximum Gasteiger partial charge on any atom is 0.264 e. The first kappa shape index (κ1) is 23.3. The lowest BCUT2D eigenvalue weighted by molar-refractivity contribution is 0.592. The summed E-state index contributed by atoms with van der Waals surface area (Å²) >= 11 is 4.23. The number of rotatable bonds is 6. The maximum absolute atomic E-state index is 12.9. The van der Waals surface area contributed by atoms with Gasteiger partial charge < -0.3 is 0 Å². The summed E-state index contributed by atoms with van der Waals surface area (Å²) in [7, 11) is -4.51. The molecule has 3 aromatic carbocycles. The fourth-order valence-corrected chi connectivity index (χ4v) is 5.79. The van der Waals surface area contributed by atoms with E-state index in [2.05, 4.69) is 45.2 Å². The van der Waals surface area contributed by atoms with Gasteiger partial charge in [-0.25, -0.2) is 16.8 Å². The minimum Gasteiger partial charge on any atom is -0.269 e. The highest BCUT2D eigenvalue weighted by atomic mass is 127. The number of benzene rings is 3. The first-order valence-electron chi connectivity index (χ1n) is 8.62. The highest BCUT2D eigenvalue weighted by Gasteiger charge is 2.23. The normalized spacial score (nSPS) is 11.9. The van der Waals surface area contributed by atoms with Gasteiger partial charge in [-0.15, -0.1) is 0 Å². The monoisotopic (exact) mass is 668 g/mol.